The van der Waals surface area contributed by atoms with Crippen molar-refractivity contribution in [1.82, 2.24) is 20.2 Å². The van der Waals surface area contributed by atoms with Gasteiger partial charge in [0.05, 0.1) is 24.4 Å². The first-order valence-corrected chi connectivity index (χ1v) is 8.72. The molecule has 130 valence electrons. The molecule has 7 heteroatoms. The van der Waals surface area contributed by atoms with Gasteiger partial charge < -0.3 is 14.4 Å². The normalized spacial score (nSPS) is 33.5. The zero-order chi connectivity index (χ0) is 16.6. The van der Waals surface area contributed by atoms with Gasteiger partial charge in [-0.2, -0.15) is 0 Å². The lowest BCUT2D eigenvalue weighted by Gasteiger charge is -2.51. The van der Waals surface area contributed by atoms with E-state index in [0.29, 0.717) is 0 Å². The van der Waals surface area contributed by atoms with E-state index in [4.69, 9.17) is 9.47 Å². The van der Waals surface area contributed by atoms with Crippen LogP contribution in [0.15, 0.2) is 0 Å². The minimum atomic E-state index is 0.0412. The van der Waals surface area contributed by atoms with E-state index < -0.39 is 0 Å². The fourth-order valence-electron chi connectivity index (χ4n) is 3.82. The average Bonchev–Trinajstić information content (AvgIpc) is 3.02. The predicted octanol–water partition coefficient (Wildman–Crippen LogP) is 2.05. The van der Waals surface area contributed by atoms with Crippen LogP contribution in [0, 0.1) is 5.41 Å². The zero-order valence-electron chi connectivity index (χ0n) is 14.9. The van der Waals surface area contributed by atoms with Crippen LogP contribution >= 0.6 is 0 Å². The minimum Gasteiger partial charge on any atom is -0.381 e. The zero-order valence-corrected chi connectivity index (χ0v) is 14.9. The Morgan fingerprint density at radius 2 is 1.87 bits per heavy atom. The second-order valence-corrected chi connectivity index (χ2v) is 7.32. The monoisotopic (exact) mass is 323 g/mol. The van der Waals surface area contributed by atoms with Crippen LogP contribution in [0.5, 0.6) is 0 Å². The van der Waals surface area contributed by atoms with E-state index >= 15 is 0 Å². The molecule has 0 aromatic carbocycles. The Morgan fingerprint density at radius 3 is 2.39 bits per heavy atom. The number of hydrogen-bond donors (Lipinski definition) is 0. The number of hydrogen-bond acceptors (Lipinski definition) is 6. The summed E-state index contributed by atoms with van der Waals surface area (Å²) in [7, 11) is 1.78. The number of morpholine rings is 1. The van der Waals surface area contributed by atoms with Crippen LogP contribution in [0.4, 0.5) is 5.95 Å². The van der Waals surface area contributed by atoms with Crippen molar-refractivity contribution < 1.29 is 9.47 Å². The van der Waals surface area contributed by atoms with Gasteiger partial charge in [-0.15, -0.1) is 0 Å². The fourth-order valence-corrected chi connectivity index (χ4v) is 3.82. The molecular formula is C16H29N5O2. The number of ether oxygens (including phenoxy) is 2. The number of tetrazole rings is 1. The quantitative estimate of drug-likeness (QED) is 0.826. The molecule has 0 spiro atoms. The molecule has 0 radical (unpaired) electrons. The molecule has 0 N–H and O–H groups in total. The van der Waals surface area contributed by atoms with Gasteiger partial charge in [-0.3, -0.25) is 0 Å². The number of anilines is 1. The molecule has 1 saturated heterocycles. The van der Waals surface area contributed by atoms with Crippen molar-refractivity contribution in [2.45, 2.75) is 71.3 Å². The Balaban J connectivity index is 1.81. The fraction of sp³-hybridized carbons (Fsp3) is 0.938. The Hall–Kier alpha value is -1.21. The molecule has 0 amide bonds. The van der Waals surface area contributed by atoms with Gasteiger partial charge in [0.15, 0.2) is 0 Å². The lowest BCUT2D eigenvalue weighted by atomic mass is 9.64. The van der Waals surface area contributed by atoms with Gasteiger partial charge in [-0.25, -0.2) is 4.68 Å². The Labute approximate surface area is 138 Å². The average molecular weight is 323 g/mol. The van der Waals surface area contributed by atoms with Crippen LogP contribution in [-0.2, 0) is 9.47 Å². The highest BCUT2D eigenvalue weighted by Gasteiger charge is 2.51. The highest BCUT2D eigenvalue weighted by molar-refractivity contribution is 5.31. The molecule has 3 rings (SSSR count). The van der Waals surface area contributed by atoms with Crippen LogP contribution in [0.3, 0.4) is 0 Å². The van der Waals surface area contributed by atoms with Gasteiger partial charge in [0.1, 0.15) is 0 Å². The van der Waals surface area contributed by atoms with E-state index in [0.717, 1.165) is 38.3 Å². The molecule has 2 aliphatic rings. The Morgan fingerprint density at radius 1 is 1.22 bits per heavy atom. The molecule has 1 aliphatic carbocycles. The van der Waals surface area contributed by atoms with E-state index in [9.17, 15) is 0 Å². The predicted molar refractivity (Wildman–Crippen MR) is 87.5 cm³/mol. The number of methoxy groups -OCH3 is 1. The molecule has 7 nitrogen and oxygen atoms in total. The number of nitrogens with zero attached hydrogens (tertiary/aromatic N) is 5. The summed E-state index contributed by atoms with van der Waals surface area (Å²) in [5.74, 6) is 0.873. The van der Waals surface area contributed by atoms with Crippen LogP contribution in [0.2, 0.25) is 0 Å². The smallest absolute Gasteiger partial charge is 0.246 e. The number of aromatic nitrogens is 4. The van der Waals surface area contributed by atoms with Crippen molar-refractivity contribution in [2.75, 3.05) is 25.1 Å². The summed E-state index contributed by atoms with van der Waals surface area (Å²) >= 11 is 0. The summed E-state index contributed by atoms with van der Waals surface area (Å²) in [6, 6.07) is 0.278. The maximum Gasteiger partial charge on any atom is 0.246 e. The van der Waals surface area contributed by atoms with Crippen molar-refractivity contribution >= 4 is 5.95 Å². The van der Waals surface area contributed by atoms with Crippen LogP contribution in [-0.4, -0.2) is 58.7 Å². The van der Waals surface area contributed by atoms with Gasteiger partial charge >= 0.3 is 0 Å². The molecule has 1 aromatic heterocycles. The van der Waals surface area contributed by atoms with Gasteiger partial charge in [0.2, 0.25) is 5.95 Å². The van der Waals surface area contributed by atoms with Gasteiger partial charge in [0, 0.05) is 25.6 Å². The summed E-state index contributed by atoms with van der Waals surface area (Å²) in [5, 5.41) is 12.6. The molecule has 4 atom stereocenters. The van der Waals surface area contributed by atoms with Crippen LogP contribution in [0.25, 0.3) is 0 Å². The third-order valence-electron chi connectivity index (χ3n) is 5.61. The molecule has 2 fully saturated rings. The highest BCUT2D eigenvalue weighted by atomic mass is 16.5. The number of rotatable bonds is 5. The minimum absolute atomic E-state index is 0.0412. The second-order valence-electron chi connectivity index (χ2n) is 7.32. The van der Waals surface area contributed by atoms with Crippen LogP contribution < -0.4 is 4.90 Å². The lowest BCUT2D eigenvalue weighted by molar-refractivity contribution is -0.116. The standard InChI is InChI=1S/C16H29N5O2/c1-6-11-9-20(10-12(7-2)23-11)15-17-18-19-21(15)13-8-14(22-5)16(13,3)4/h11-14H,6-10H2,1-5H3. The molecule has 23 heavy (non-hydrogen) atoms. The Kier molecular flexibility index (Phi) is 4.60. The highest BCUT2D eigenvalue weighted by Crippen LogP contribution is 2.51. The van der Waals surface area contributed by atoms with E-state index in [1.54, 1.807) is 7.11 Å². The van der Waals surface area contributed by atoms with E-state index in [-0.39, 0.29) is 29.8 Å². The van der Waals surface area contributed by atoms with Crippen molar-refractivity contribution in [3.63, 3.8) is 0 Å². The Bertz CT molecular complexity index is 520. The second kappa shape index (κ2) is 6.36. The summed E-state index contributed by atoms with van der Waals surface area (Å²) in [4.78, 5) is 2.29. The van der Waals surface area contributed by atoms with Crippen molar-refractivity contribution in [3.8, 4) is 0 Å². The molecule has 1 aliphatic heterocycles. The molecule has 4 unspecified atom stereocenters. The van der Waals surface area contributed by atoms with Gasteiger partial charge in [-0.05, 0) is 29.7 Å². The van der Waals surface area contributed by atoms with Crippen molar-refractivity contribution in [3.05, 3.63) is 0 Å². The van der Waals surface area contributed by atoms with Crippen molar-refractivity contribution in [2.24, 2.45) is 5.41 Å². The third-order valence-corrected chi connectivity index (χ3v) is 5.61. The maximum absolute atomic E-state index is 6.09. The molecule has 1 saturated carbocycles. The SMILES string of the molecule is CCC1CN(c2nnnn2C2CC(OC)C2(C)C)CC(CC)O1. The first-order chi connectivity index (χ1) is 11.0. The first kappa shape index (κ1) is 16.6. The summed E-state index contributed by atoms with van der Waals surface area (Å²) in [6.45, 7) is 10.5. The van der Waals surface area contributed by atoms with E-state index in [1.165, 1.54) is 0 Å². The van der Waals surface area contributed by atoms with Crippen molar-refractivity contribution in [1.29, 1.82) is 0 Å². The molecule has 1 aromatic rings. The first-order valence-electron chi connectivity index (χ1n) is 8.72. The summed E-state index contributed by atoms with van der Waals surface area (Å²) in [5.41, 5.74) is 0.0412. The van der Waals surface area contributed by atoms with E-state index in [2.05, 4.69) is 48.1 Å². The molecular weight excluding hydrogens is 294 g/mol. The largest absolute Gasteiger partial charge is 0.381 e. The van der Waals surface area contributed by atoms with E-state index in [1.807, 2.05) is 4.68 Å². The summed E-state index contributed by atoms with van der Waals surface area (Å²) in [6.07, 6.45) is 3.74. The molecule has 0 bridgehead atoms. The molecule has 2 heterocycles. The van der Waals surface area contributed by atoms with Gasteiger partial charge in [0.25, 0.3) is 0 Å². The third kappa shape index (κ3) is 2.85. The lowest BCUT2D eigenvalue weighted by Crippen LogP contribution is -2.53. The summed E-state index contributed by atoms with van der Waals surface area (Å²) < 4.78 is 13.7. The van der Waals surface area contributed by atoms with Gasteiger partial charge in [-0.1, -0.05) is 32.8 Å². The maximum atomic E-state index is 6.09. The topological polar surface area (TPSA) is 65.3 Å². The van der Waals surface area contributed by atoms with Crippen LogP contribution in [0.1, 0.15) is 53.0 Å².